The highest BCUT2D eigenvalue weighted by Crippen LogP contribution is 2.38. The van der Waals surface area contributed by atoms with E-state index in [1.807, 2.05) is 24.4 Å². The maximum atomic E-state index is 4.86. The Morgan fingerprint density at radius 1 is 0.431 bits per heavy atom. The molecule has 0 aliphatic heterocycles. The van der Waals surface area contributed by atoms with Crippen molar-refractivity contribution in [2.24, 2.45) is 0 Å². The van der Waals surface area contributed by atoms with E-state index in [-0.39, 0.29) is 0 Å². The molecule has 3 aromatic heterocycles. The number of benzene rings is 7. The van der Waals surface area contributed by atoms with Gasteiger partial charge in [0.1, 0.15) is 5.65 Å². The molecule has 51 heavy (non-hydrogen) atoms. The molecule has 0 N–H and O–H groups in total. The van der Waals surface area contributed by atoms with Crippen LogP contribution in [0.5, 0.6) is 0 Å². The third-order valence-electron chi connectivity index (χ3n) is 9.94. The Bertz CT molecular complexity index is 2760. The Balaban J connectivity index is 1.06. The fraction of sp³-hybridized carbons (Fsp3) is 0. The van der Waals surface area contributed by atoms with Crippen LogP contribution in [-0.4, -0.2) is 14.0 Å². The Labute approximate surface area is 295 Å². The number of aromatic nitrogens is 3. The van der Waals surface area contributed by atoms with E-state index in [1.54, 1.807) is 0 Å². The zero-order chi connectivity index (χ0) is 33.7. The summed E-state index contributed by atoms with van der Waals surface area (Å²) in [4.78, 5) is 7.18. The molecule has 0 bridgehead atoms. The highest BCUT2D eigenvalue weighted by Gasteiger charge is 2.16. The largest absolute Gasteiger partial charge is 0.311 e. The van der Waals surface area contributed by atoms with E-state index in [0.29, 0.717) is 0 Å². The molecule has 4 heteroatoms. The first kappa shape index (κ1) is 29.0. The number of anilines is 3. The van der Waals surface area contributed by atoms with Crippen molar-refractivity contribution in [1.82, 2.24) is 14.0 Å². The summed E-state index contributed by atoms with van der Waals surface area (Å²) in [5, 5.41) is 5.02. The average molecular weight is 653 g/mol. The van der Waals surface area contributed by atoms with Crippen LogP contribution in [0.2, 0.25) is 0 Å². The third kappa shape index (κ3) is 5.04. The molecular formula is C47H32N4. The molecule has 0 saturated heterocycles. The van der Waals surface area contributed by atoms with Crippen molar-refractivity contribution in [2.75, 3.05) is 4.90 Å². The molecule has 10 aromatic rings. The van der Waals surface area contributed by atoms with Crippen molar-refractivity contribution in [1.29, 1.82) is 0 Å². The quantitative estimate of drug-likeness (QED) is 0.179. The Kier molecular flexibility index (Phi) is 6.78. The topological polar surface area (TPSA) is 25.5 Å². The lowest BCUT2D eigenvalue weighted by Crippen LogP contribution is -2.10. The molecule has 3 heterocycles. The van der Waals surface area contributed by atoms with Crippen LogP contribution >= 0.6 is 0 Å². The van der Waals surface area contributed by atoms with Crippen LogP contribution < -0.4 is 4.90 Å². The van der Waals surface area contributed by atoms with Gasteiger partial charge in [-0.05, 0) is 101 Å². The molecule has 7 aromatic carbocycles. The Morgan fingerprint density at radius 2 is 0.980 bits per heavy atom. The molecule has 240 valence electrons. The minimum atomic E-state index is 0.938. The fourth-order valence-corrected chi connectivity index (χ4v) is 7.43. The van der Waals surface area contributed by atoms with Crippen LogP contribution in [0, 0.1) is 0 Å². The lowest BCUT2D eigenvalue weighted by Gasteiger charge is -2.26. The molecule has 10 rings (SSSR count). The van der Waals surface area contributed by atoms with Crippen LogP contribution in [0.1, 0.15) is 0 Å². The van der Waals surface area contributed by atoms with Crippen molar-refractivity contribution in [2.45, 2.75) is 0 Å². The van der Waals surface area contributed by atoms with Gasteiger partial charge in [-0.25, -0.2) is 4.98 Å². The molecule has 0 fully saturated rings. The summed E-state index contributed by atoms with van der Waals surface area (Å²) >= 11 is 0. The smallest absolute Gasteiger partial charge is 0.137 e. The van der Waals surface area contributed by atoms with Gasteiger partial charge in [0, 0.05) is 51.5 Å². The molecule has 0 atom stereocenters. The number of fused-ring (bicyclic) bond motifs is 5. The third-order valence-corrected chi connectivity index (χ3v) is 9.94. The van der Waals surface area contributed by atoms with Crippen LogP contribution in [0.15, 0.2) is 194 Å². The van der Waals surface area contributed by atoms with E-state index in [9.17, 15) is 0 Å². The highest BCUT2D eigenvalue weighted by atomic mass is 15.1. The van der Waals surface area contributed by atoms with Crippen LogP contribution in [-0.2, 0) is 0 Å². The highest BCUT2D eigenvalue weighted by molar-refractivity contribution is 6.09. The number of pyridine rings is 1. The predicted molar refractivity (Wildman–Crippen MR) is 213 cm³/mol. The van der Waals surface area contributed by atoms with Gasteiger partial charge in [-0.1, -0.05) is 103 Å². The molecule has 0 radical (unpaired) electrons. The Hall–Kier alpha value is -6.91. The van der Waals surface area contributed by atoms with Crippen LogP contribution in [0.4, 0.5) is 17.1 Å². The second-order valence-corrected chi connectivity index (χ2v) is 13.0. The summed E-state index contributed by atoms with van der Waals surface area (Å²) in [6.45, 7) is 0. The van der Waals surface area contributed by atoms with Gasteiger partial charge in [0.2, 0.25) is 0 Å². The summed E-state index contributed by atoms with van der Waals surface area (Å²) in [5.74, 6) is 0. The van der Waals surface area contributed by atoms with Crippen LogP contribution in [0.25, 0.3) is 66.3 Å². The first-order valence-corrected chi connectivity index (χ1v) is 17.3. The second-order valence-electron chi connectivity index (χ2n) is 13.0. The lowest BCUT2D eigenvalue weighted by molar-refractivity contribution is 1.17. The molecule has 0 aliphatic rings. The van der Waals surface area contributed by atoms with E-state index < -0.39 is 0 Å². The minimum Gasteiger partial charge on any atom is -0.311 e. The summed E-state index contributed by atoms with van der Waals surface area (Å²) in [7, 11) is 0. The van der Waals surface area contributed by atoms with Crippen molar-refractivity contribution >= 4 is 55.3 Å². The van der Waals surface area contributed by atoms with Gasteiger partial charge in [-0.15, -0.1) is 0 Å². The molecule has 0 unspecified atom stereocenters. The number of rotatable bonds is 6. The van der Waals surface area contributed by atoms with Gasteiger partial charge >= 0.3 is 0 Å². The number of imidazole rings is 1. The molecule has 0 aliphatic carbocycles. The fourth-order valence-electron chi connectivity index (χ4n) is 7.43. The summed E-state index contributed by atoms with van der Waals surface area (Å²) in [5.41, 5.74) is 12.1. The SMILES string of the molecule is c1ccc2cc(-c3ccc(N(c4ccc(-c5cn6ccccc6n5)cc4)c4ccc(-n5c6ccccc6c6ccccc65)cc4)cc3)ccc2c1. The van der Waals surface area contributed by atoms with Gasteiger partial charge < -0.3 is 13.9 Å². The van der Waals surface area contributed by atoms with Gasteiger partial charge in [0.05, 0.1) is 16.7 Å². The second kappa shape index (κ2) is 11.9. The molecule has 0 saturated carbocycles. The van der Waals surface area contributed by atoms with E-state index >= 15 is 0 Å². The monoisotopic (exact) mass is 652 g/mol. The number of hydrogen-bond donors (Lipinski definition) is 0. The number of hydrogen-bond acceptors (Lipinski definition) is 2. The maximum absolute atomic E-state index is 4.86. The number of para-hydroxylation sites is 2. The Morgan fingerprint density at radius 3 is 1.65 bits per heavy atom. The molecule has 0 amide bonds. The predicted octanol–water partition coefficient (Wildman–Crippen LogP) is 12.4. The summed E-state index contributed by atoms with van der Waals surface area (Å²) in [6.07, 6.45) is 4.12. The zero-order valence-electron chi connectivity index (χ0n) is 27.8. The van der Waals surface area contributed by atoms with Crippen molar-refractivity contribution in [3.63, 3.8) is 0 Å². The molecular weight excluding hydrogens is 621 g/mol. The zero-order valence-corrected chi connectivity index (χ0v) is 27.8. The van der Waals surface area contributed by atoms with E-state index in [1.165, 1.54) is 43.7 Å². The van der Waals surface area contributed by atoms with Crippen molar-refractivity contribution in [3.05, 3.63) is 194 Å². The summed E-state index contributed by atoms with van der Waals surface area (Å²) in [6, 6.07) is 65.1. The number of nitrogens with zero attached hydrogens (tertiary/aromatic N) is 4. The first-order chi connectivity index (χ1) is 25.3. The van der Waals surface area contributed by atoms with Gasteiger partial charge in [-0.2, -0.15) is 0 Å². The van der Waals surface area contributed by atoms with Crippen molar-refractivity contribution < 1.29 is 0 Å². The maximum Gasteiger partial charge on any atom is 0.137 e. The summed E-state index contributed by atoms with van der Waals surface area (Å²) < 4.78 is 4.42. The normalized spacial score (nSPS) is 11.5. The molecule has 4 nitrogen and oxygen atoms in total. The average Bonchev–Trinajstić information content (AvgIpc) is 3.79. The van der Waals surface area contributed by atoms with E-state index in [4.69, 9.17) is 4.98 Å². The van der Waals surface area contributed by atoms with Gasteiger partial charge in [0.15, 0.2) is 0 Å². The minimum absolute atomic E-state index is 0.938. The van der Waals surface area contributed by atoms with Crippen molar-refractivity contribution in [3.8, 4) is 28.1 Å². The lowest BCUT2D eigenvalue weighted by atomic mass is 10.0. The standard InChI is InChI=1S/C47H32N4/c1-2-10-36-31-37(17-16-33(36)9-1)34-18-22-38(23-19-34)50(39-24-20-35(21-25-39)44-32-49-30-8-7-15-47(49)48-44)40-26-28-41(29-27-40)51-45-13-5-3-11-42(45)43-12-4-6-14-46(43)51/h1-32H. The van der Waals surface area contributed by atoms with Gasteiger partial charge in [0.25, 0.3) is 0 Å². The first-order valence-electron chi connectivity index (χ1n) is 17.3. The molecule has 0 spiro atoms. The van der Waals surface area contributed by atoms with E-state index in [2.05, 4.69) is 184 Å². The van der Waals surface area contributed by atoms with E-state index in [0.717, 1.165) is 39.7 Å². The van der Waals surface area contributed by atoms with Gasteiger partial charge in [-0.3, -0.25) is 0 Å². The van der Waals surface area contributed by atoms with Crippen LogP contribution in [0.3, 0.4) is 0 Å².